The average Bonchev–Trinajstić information content (AvgIpc) is 3.07. The number of aromatic nitrogens is 2. The third kappa shape index (κ3) is 4.25. The molecule has 0 bridgehead atoms. The van der Waals surface area contributed by atoms with E-state index in [-0.39, 0.29) is 35.7 Å². The molecule has 1 aromatic heterocycles. The van der Waals surface area contributed by atoms with Gasteiger partial charge in [-0.1, -0.05) is 13.8 Å². The summed E-state index contributed by atoms with van der Waals surface area (Å²) in [6, 6.07) is 4.73. The van der Waals surface area contributed by atoms with Gasteiger partial charge < -0.3 is 11.1 Å². The zero-order valence-electron chi connectivity index (χ0n) is 18.1. The van der Waals surface area contributed by atoms with Crippen molar-refractivity contribution in [2.75, 3.05) is 5.32 Å². The summed E-state index contributed by atoms with van der Waals surface area (Å²) >= 11 is 0. The lowest BCUT2D eigenvalue weighted by Gasteiger charge is -2.29. The van der Waals surface area contributed by atoms with Gasteiger partial charge in [0.2, 0.25) is 0 Å². The van der Waals surface area contributed by atoms with Crippen LogP contribution in [0.5, 0.6) is 0 Å². The summed E-state index contributed by atoms with van der Waals surface area (Å²) in [6.45, 7) is 3.70. The lowest BCUT2D eigenvalue weighted by molar-refractivity contribution is -0.141. The predicted molar refractivity (Wildman–Crippen MR) is 114 cm³/mol. The SMILES string of the molecule is CC1(C)CC(=O)c2c(C(F)(F)F)nn(-c3ccc(C(N)=O)c(NC4CC[CH]CC4)c3)c2C1. The molecule has 0 aliphatic heterocycles. The first kappa shape index (κ1) is 22.4. The summed E-state index contributed by atoms with van der Waals surface area (Å²) in [7, 11) is 0. The molecule has 171 valence electrons. The number of carbonyl (C=O) groups excluding carboxylic acids is 2. The number of halogens is 3. The molecule has 1 fully saturated rings. The molecule has 2 aliphatic carbocycles. The van der Waals surface area contributed by atoms with Gasteiger partial charge in [-0.3, -0.25) is 9.59 Å². The third-order valence-electron chi connectivity index (χ3n) is 6.12. The highest BCUT2D eigenvalue weighted by Crippen LogP contribution is 2.42. The quantitative estimate of drug-likeness (QED) is 0.711. The molecule has 1 saturated carbocycles. The second-order valence-corrected chi connectivity index (χ2v) is 9.40. The van der Waals surface area contributed by atoms with Crippen LogP contribution in [-0.4, -0.2) is 27.5 Å². The number of hydrogen-bond acceptors (Lipinski definition) is 4. The van der Waals surface area contributed by atoms with Crippen LogP contribution in [0.4, 0.5) is 18.9 Å². The van der Waals surface area contributed by atoms with Gasteiger partial charge >= 0.3 is 6.18 Å². The summed E-state index contributed by atoms with van der Waals surface area (Å²) in [5.74, 6) is -1.18. The highest BCUT2D eigenvalue weighted by Gasteiger charge is 2.45. The molecule has 0 atom stereocenters. The van der Waals surface area contributed by atoms with E-state index in [9.17, 15) is 22.8 Å². The maximum absolute atomic E-state index is 13.7. The largest absolute Gasteiger partial charge is 0.435 e. The van der Waals surface area contributed by atoms with Crippen LogP contribution in [0, 0.1) is 11.8 Å². The van der Waals surface area contributed by atoms with Gasteiger partial charge in [0.1, 0.15) is 0 Å². The van der Waals surface area contributed by atoms with Gasteiger partial charge in [-0.2, -0.15) is 18.3 Å². The van der Waals surface area contributed by atoms with Gasteiger partial charge in [0.05, 0.1) is 22.5 Å². The van der Waals surface area contributed by atoms with E-state index in [0.29, 0.717) is 11.4 Å². The Hall–Kier alpha value is -2.84. The fraction of sp³-hybridized carbons (Fsp3) is 0.478. The van der Waals surface area contributed by atoms with E-state index in [2.05, 4.69) is 16.8 Å². The number of fused-ring (bicyclic) bond motifs is 1. The molecule has 0 spiro atoms. The number of rotatable bonds is 4. The Morgan fingerprint density at radius 1 is 1.22 bits per heavy atom. The zero-order chi connectivity index (χ0) is 23.3. The lowest BCUT2D eigenvalue weighted by Crippen LogP contribution is -2.29. The number of alkyl halides is 3. The van der Waals surface area contributed by atoms with Gasteiger partial charge in [0.15, 0.2) is 11.5 Å². The predicted octanol–water partition coefficient (Wildman–Crippen LogP) is 4.70. The van der Waals surface area contributed by atoms with Gasteiger partial charge in [0.25, 0.3) is 5.91 Å². The molecule has 1 heterocycles. The van der Waals surface area contributed by atoms with Crippen LogP contribution >= 0.6 is 0 Å². The molecule has 2 aliphatic rings. The molecule has 1 aromatic carbocycles. The number of nitrogens with one attached hydrogen (secondary N) is 1. The molecular weight excluding hydrogens is 421 g/mol. The van der Waals surface area contributed by atoms with Gasteiger partial charge in [-0.25, -0.2) is 4.68 Å². The summed E-state index contributed by atoms with van der Waals surface area (Å²) in [4.78, 5) is 24.6. The van der Waals surface area contributed by atoms with E-state index in [1.54, 1.807) is 6.07 Å². The molecule has 3 N–H and O–H groups in total. The van der Waals surface area contributed by atoms with Crippen LogP contribution < -0.4 is 11.1 Å². The molecule has 32 heavy (non-hydrogen) atoms. The number of carbonyl (C=O) groups is 2. The van der Waals surface area contributed by atoms with Crippen molar-refractivity contribution in [1.82, 2.24) is 9.78 Å². The molecular formula is C23H26F3N4O2. The van der Waals surface area contributed by atoms with E-state index in [4.69, 9.17) is 5.73 Å². The number of benzene rings is 1. The molecule has 6 nitrogen and oxygen atoms in total. The Morgan fingerprint density at radius 3 is 2.53 bits per heavy atom. The van der Waals surface area contributed by atoms with Crippen molar-refractivity contribution in [2.45, 2.75) is 64.6 Å². The minimum atomic E-state index is -4.75. The van der Waals surface area contributed by atoms with E-state index in [1.165, 1.54) is 16.8 Å². The second kappa shape index (κ2) is 7.94. The highest BCUT2D eigenvalue weighted by molar-refractivity contribution is 6.00. The maximum atomic E-state index is 13.7. The minimum absolute atomic E-state index is 0.0287. The normalized spacial score (nSPS) is 19.0. The molecule has 0 saturated heterocycles. The van der Waals surface area contributed by atoms with Crippen LogP contribution in [0.2, 0.25) is 0 Å². The van der Waals surface area contributed by atoms with Crippen molar-refractivity contribution in [3.63, 3.8) is 0 Å². The number of ketones is 1. The van der Waals surface area contributed by atoms with E-state index < -0.39 is 29.0 Å². The van der Waals surface area contributed by atoms with Crippen molar-refractivity contribution in [2.24, 2.45) is 11.1 Å². The van der Waals surface area contributed by atoms with Crippen LogP contribution in [0.15, 0.2) is 18.2 Å². The summed E-state index contributed by atoms with van der Waals surface area (Å²) < 4.78 is 42.4. The number of anilines is 1. The lowest BCUT2D eigenvalue weighted by atomic mass is 9.75. The first-order valence-corrected chi connectivity index (χ1v) is 10.7. The smallest absolute Gasteiger partial charge is 0.382 e. The van der Waals surface area contributed by atoms with Crippen molar-refractivity contribution in [1.29, 1.82) is 0 Å². The van der Waals surface area contributed by atoms with Crippen molar-refractivity contribution < 1.29 is 22.8 Å². The van der Waals surface area contributed by atoms with Crippen LogP contribution in [-0.2, 0) is 12.6 Å². The van der Waals surface area contributed by atoms with E-state index in [1.807, 2.05) is 13.8 Å². The molecule has 1 radical (unpaired) electrons. The number of Topliss-reactive ketones (excluding diaryl/α,β-unsaturated/α-hetero) is 1. The first-order chi connectivity index (χ1) is 15.0. The average molecular weight is 447 g/mol. The Morgan fingerprint density at radius 2 is 1.91 bits per heavy atom. The van der Waals surface area contributed by atoms with E-state index >= 15 is 0 Å². The fourth-order valence-electron chi connectivity index (χ4n) is 4.65. The molecule has 1 amide bonds. The molecule has 2 aromatic rings. The zero-order valence-corrected chi connectivity index (χ0v) is 18.1. The fourth-order valence-corrected chi connectivity index (χ4v) is 4.65. The van der Waals surface area contributed by atoms with Crippen LogP contribution in [0.3, 0.4) is 0 Å². The number of nitrogens with zero attached hydrogens (tertiary/aromatic N) is 2. The monoisotopic (exact) mass is 447 g/mol. The third-order valence-corrected chi connectivity index (χ3v) is 6.12. The standard InChI is InChI=1S/C23H26F3N4O2/c1-22(2)11-17-19(18(31)12-22)20(23(24,25)26)29-30(17)14-8-9-15(21(27)32)16(10-14)28-13-6-4-3-5-7-13/h3,8-10,13,28H,4-7,11-12H2,1-2H3,(H2,27,32). The molecule has 0 unspecified atom stereocenters. The van der Waals surface area contributed by atoms with Crippen molar-refractivity contribution >= 4 is 17.4 Å². The first-order valence-electron chi connectivity index (χ1n) is 10.7. The summed E-state index contributed by atoms with van der Waals surface area (Å²) in [5, 5.41) is 7.17. The van der Waals surface area contributed by atoms with Crippen LogP contribution in [0.1, 0.15) is 78.1 Å². The maximum Gasteiger partial charge on any atom is 0.435 e. The van der Waals surface area contributed by atoms with Gasteiger partial charge in [-0.15, -0.1) is 0 Å². The minimum Gasteiger partial charge on any atom is -0.382 e. The van der Waals surface area contributed by atoms with Gasteiger partial charge in [0, 0.05) is 18.2 Å². The topological polar surface area (TPSA) is 90.0 Å². The Balaban J connectivity index is 1.83. The Labute approximate surface area is 184 Å². The Kier molecular flexibility index (Phi) is 5.55. The Bertz CT molecular complexity index is 1070. The number of nitrogens with two attached hydrogens (primary N) is 1. The van der Waals surface area contributed by atoms with Gasteiger partial charge in [-0.05, 0) is 62.1 Å². The summed E-state index contributed by atoms with van der Waals surface area (Å²) in [5.41, 5.74) is 4.83. The number of amides is 1. The van der Waals surface area contributed by atoms with Crippen molar-refractivity contribution in [3.05, 3.63) is 47.1 Å². The number of hydrogen-bond donors (Lipinski definition) is 2. The number of primary amides is 1. The van der Waals surface area contributed by atoms with E-state index in [0.717, 1.165) is 25.7 Å². The second-order valence-electron chi connectivity index (χ2n) is 9.40. The molecule has 4 rings (SSSR count). The summed E-state index contributed by atoms with van der Waals surface area (Å²) in [6.07, 6.45) is 1.43. The molecule has 9 heteroatoms. The van der Waals surface area contributed by atoms with Crippen LogP contribution in [0.25, 0.3) is 5.69 Å². The van der Waals surface area contributed by atoms with Crippen molar-refractivity contribution in [3.8, 4) is 5.69 Å². The highest BCUT2D eigenvalue weighted by atomic mass is 19.4.